The average molecular weight is 118 g/mol. The average Bonchev–Trinajstić information content (AvgIpc) is 2.37. The Labute approximate surface area is 55.6 Å². The van der Waals surface area contributed by atoms with Crippen molar-refractivity contribution in [3.8, 4) is 0 Å². The van der Waals surface area contributed by atoms with Gasteiger partial charge in [0.1, 0.15) is 0 Å². The van der Waals surface area contributed by atoms with Crippen LogP contribution in [0.1, 0.15) is 6.42 Å². The molecule has 2 bridgehead atoms. The van der Waals surface area contributed by atoms with Gasteiger partial charge in [0.05, 0.1) is 0 Å². The summed E-state index contributed by atoms with van der Waals surface area (Å²) < 4.78 is 0. The predicted octanol–water partition coefficient (Wildman–Crippen LogP) is 2.30. The topological polar surface area (TPSA) is 0 Å². The molecule has 0 spiro atoms. The number of hydrogen-bond acceptors (Lipinski definition) is 0. The minimum absolute atomic E-state index is 0.641. The molecule has 2 aliphatic carbocycles. The summed E-state index contributed by atoms with van der Waals surface area (Å²) in [4.78, 5) is 0. The van der Waals surface area contributed by atoms with E-state index in [1.54, 1.807) is 0 Å². The van der Waals surface area contributed by atoms with E-state index in [0.717, 1.165) is 0 Å². The van der Waals surface area contributed by atoms with Crippen molar-refractivity contribution in [1.82, 2.24) is 0 Å². The molecule has 0 saturated heterocycles. The molecular formula is C9H10. The molecule has 1 fully saturated rings. The van der Waals surface area contributed by atoms with Gasteiger partial charge >= 0.3 is 0 Å². The van der Waals surface area contributed by atoms with E-state index in [4.69, 9.17) is 0 Å². The summed E-state index contributed by atoms with van der Waals surface area (Å²) in [5.41, 5.74) is 2.53. The zero-order valence-corrected chi connectivity index (χ0v) is 5.43. The molecule has 0 aromatic rings. The molecule has 0 heteroatoms. The van der Waals surface area contributed by atoms with Crippen LogP contribution in [0.15, 0.2) is 36.5 Å². The number of hydrogen-bond donors (Lipinski definition) is 0. The third-order valence-corrected chi connectivity index (χ3v) is 2.39. The summed E-state index contributed by atoms with van der Waals surface area (Å²) in [6.07, 6.45) is 5.75. The Bertz CT molecular complexity index is 186. The van der Waals surface area contributed by atoms with Crippen molar-refractivity contribution >= 4 is 0 Å². The number of fused-ring (bicyclic) bond motifs is 2. The Hall–Kier alpha value is -0.780. The van der Waals surface area contributed by atoms with Crippen LogP contribution in [0.4, 0.5) is 0 Å². The van der Waals surface area contributed by atoms with Crippen LogP contribution in [0.25, 0.3) is 0 Å². The number of allylic oxidation sites excluding steroid dienone is 4. The lowest BCUT2D eigenvalue weighted by Crippen LogP contribution is -1.92. The largest absolute Gasteiger partial charge is 0.0950 e. The molecule has 2 aliphatic rings. The second kappa shape index (κ2) is 1.38. The highest BCUT2D eigenvalue weighted by Crippen LogP contribution is 2.45. The van der Waals surface area contributed by atoms with Crippen LogP contribution in [0.2, 0.25) is 0 Å². The second-order valence-electron chi connectivity index (χ2n) is 2.88. The zero-order valence-electron chi connectivity index (χ0n) is 5.43. The van der Waals surface area contributed by atoms with Crippen LogP contribution in [0.5, 0.6) is 0 Å². The summed E-state index contributed by atoms with van der Waals surface area (Å²) in [6.45, 7) is 7.93. The van der Waals surface area contributed by atoms with Crippen LogP contribution in [-0.4, -0.2) is 0 Å². The van der Waals surface area contributed by atoms with E-state index in [9.17, 15) is 0 Å². The normalized spacial score (nSPS) is 38.7. The van der Waals surface area contributed by atoms with Gasteiger partial charge in [0.15, 0.2) is 0 Å². The van der Waals surface area contributed by atoms with Crippen molar-refractivity contribution in [2.24, 2.45) is 11.8 Å². The Morgan fingerprint density at radius 2 is 1.56 bits per heavy atom. The minimum Gasteiger partial charge on any atom is -0.0950 e. The lowest BCUT2D eigenvalue weighted by molar-refractivity contribution is 0.737. The van der Waals surface area contributed by atoms with Gasteiger partial charge in [0, 0.05) is 11.8 Å². The van der Waals surface area contributed by atoms with Gasteiger partial charge in [0.2, 0.25) is 0 Å². The summed E-state index contributed by atoms with van der Waals surface area (Å²) in [5.74, 6) is 1.28. The first-order valence-electron chi connectivity index (χ1n) is 3.35. The lowest BCUT2D eigenvalue weighted by atomic mass is 9.98. The fourth-order valence-electron chi connectivity index (χ4n) is 1.69. The van der Waals surface area contributed by atoms with Gasteiger partial charge in [0.25, 0.3) is 0 Å². The van der Waals surface area contributed by atoms with Gasteiger partial charge in [-0.15, -0.1) is 0 Å². The Kier molecular flexibility index (Phi) is 0.774. The van der Waals surface area contributed by atoms with Crippen molar-refractivity contribution in [3.05, 3.63) is 36.5 Å². The Balaban J connectivity index is 2.47. The van der Waals surface area contributed by atoms with Gasteiger partial charge in [-0.1, -0.05) is 25.3 Å². The zero-order chi connectivity index (χ0) is 6.43. The van der Waals surface area contributed by atoms with E-state index in [1.165, 1.54) is 17.6 Å². The molecule has 0 heterocycles. The third kappa shape index (κ3) is 0.481. The first-order valence-corrected chi connectivity index (χ1v) is 3.35. The minimum atomic E-state index is 0.641. The smallest absolute Gasteiger partial charge is 0.00238 e. The molecule has 9 heavy (non-hydrogen) atoms. The van der Waals surface area contributed by atoms with Gasteiger partial charge < -0.3 is 0 Å². The molecule has 0 aromatic carbocycles. The number of rotatable bonds is 0. The third-order valence-electron chi connectivity index (χ3n) is 2.39. The van der Waals surface area contributed by atoms with Crippen molar-refractivity contribution < 1.29 is 0 Å². The van der Waals surface area contributed by atoms with Crippen LogP contribution in [-0.2, 0) is 0 Å². The maximum absolute atomic E-state index is 3.97. The monoisotopic (exact) mass is 118 g/mol. The SMILES string of the molecule is C=C1C(=C)C2C=CC1C2. The van der Waals surface area contributed by atoms with E-state index < -0.39 is 0 Å². The fourth-order valence-corrected chi connectivity index (χ4v) is 1.69. The van der Waals surface area contributed by atoms with E-state index in [0.29, 0.717) is 11.8 Å². The van der Waals surface area contributed by atoms with E-state index in [-0.39, 0.29) is 0 Å². The first-order chi connectivity index (χ1) is 4.29. The molecule has 46 valence electrons. The van der Waals surface area contributed by atoms with Gasteiger partial charge in [-0.3, -0.25) is 0 Å². The standard InChI is InChI=1S/C9H10/c1-6-7(2)9-4-3-8(6)5-9/h3-4,8-9H,1-2,5H2. The van der Waals surface area contributed by atoms with Crippen molar-refractivity contribution in [3.63, 3.8) is 0 Å². The quantitative estimate of drug-likeness (QED) is 0.428. The molecule has 1 saturated carbocycles. The molecule has 0 nitrogen and oxygen atoms in total. The molecule has 2 atom stereocenters. The highest BCUT2D eigenvalue weighted by atomic mass is 14.4. The van der Waals surface area contributed by atoms with Crippen LogP contribution < -0.4 is 0 Å². The van der Waals surface area contributed by atoms with Crippen LogP contribution >= 0.6 is 0 Å². The molecule has 0 N–H and O–H groups in total. The van der Waals surface area contributed by atoms with Crippen molar-refractivity contribution in [2.45, 2.75) is 6.42 Å². The van der Waals surface area contributed by atoms with Crippen molar-refractivity contribution in [2.75, 3.05) is 0 Å². The summed E-state index contributed by atoms with van der Waals surface area (Å²) in [6, 6.07) is 0. The maximum Gasteiger partial charge on any atom is 0.00238 e. The molecule has 2 unspecified atom stereocenters. The maximum atomic E-state index is 3.97. The Morgan fingerprint density at radius 3 is 1.78 bits per heavy atom. The predicted molar refractivity (Wildman–Crippen MR) is 39.0 cm³/mol. The van der Waals surface area contributed by atoms with Crippen LogP contribution in [0.3, 0.4) is 0 Å². The molecule has 0 amide bonds. The lowest BCUT2D eigenvalue weighted by Gasteiger charge is -2.07. The summed E-state index contributed by atoms with van der Waals surface area (Å²) in [7, 11) is 0. The van der Waals surface area contributed by atoms with E-state index in [2.05, 4.69) is 25.3 Å². The Morgan fingerprint density at radius 1 is 1.11 bits per heavy atom. The van der Waals surface area contributed by atoms with Gasteiger partial charge in [-0.25, -0.2) is 0 Å². The highest BCUT2D eigenvalue weighted by Gasteiger charge is 2.32. The van der Waals surface area contributed by atoms with Gasteiger partial charge in [-0.05, 0) is 17.6 Å². The van der Waals surface area contributed by atoms with Gasteiger partial charge in [-0.2, -0.15) is 0 Å². The molecule has 2 rings (SSSR count). The molecule has 0 aromatic heterocycles. The second-order valence-corrected chi connectivity index (χ2v) is 2.88. The summed E-state index contributed by atoms with van der Waals surface area (Å²) in [5, 5.41) is 0. The van der Waals surface area contributed by atoms with E-state index in [1.807, 2.05) is 0 Å². The summed E-state index contributed by atoms with van der Waals surface area (Å²) >= 11 is 0. The molecule has 0 aliphatic heterocycles. The fraction of sp³-hybridized carbons (Fsp3) is 0.333. The molecule has 0 radical (unpaired) electrons. The highest BCUT2D eigenvalue weighted by molar-refractivity contribution is 5.44. The van der Waals surface area contributed by atoms with E-state index >= 15 is 0 Å². The van der Waals surface area contributed by atoms with Crippen molar-refractivity contribution in [1.29, 1.82) is 0 Å². The first kappa shape index (κ1) is 5.04. The van der Waals surface area contributed by atoms with Crippen LogP contribution in [0, 0.1) is 11.8 Å². The molecular weight excluding hydrogens is 108 g/mol.